The monoisotopic (exact) mass is 361 g/mol. The van der Waals surface area contributed by atoms with Crippen LogP contribution in [-0.2, 0) is 6.61 Å². The van der Waals surface area contributed by atoms with Gasteiger partial charge in [-0.15, -0.1) is 0 Å². The van der Waals surface area contributed by atoms with Crippen LogP contribution in [0.2, 0.25) is 0 Å². The molecule has 0 aliphatic rings. The minimum atomic E-state index is -0.168. The smallest absolute Gasteiger partial charge is 0.255 e. The standard InChI is InChI=1S/C23H23NO3/c1-16-7-10-20(11-8-16)24-23(25)18-9-12-22(26-3)19(14-18)15-27-21-6-4-5-17(2)13-21/h4-14H,15H2,1-3H3,(H,24,25). The van der Waals surface area contributed by atoms with E-state index in [1.165, 1.54) is 0 Å². The molecule has 0 aliphatic heterocycles. The first-order chi connectivity index (χ1) is 13.0. The van der Waals surface area contributed by atoms with Gasteiger partial charge in [0.15, 0.2) is 0 Å². The van der Waals surface area contributed by atoms with E-state index in [1.54, 1.807) is 25.3 Å². The predicted octanol–water partition coefficient (Wildman–Crippen LogP) is 5.14. The first-order valence-electron chi connectivity index (χ1n) is 8.79. The van der Waals surface area contributed by atoms with E-state index in [9.17, 15) is 4.79 Å². The third kappa shape index (κ3) is 4.88. The number of benzene rings is 3. The number of aryl methyl sites for hydroxylation is 2. The Hall–Kier alpha value is -3.27. The van der Waals surface area contributed by atoms with Crippen LogP contribution >= 0.6 is 0 Å². The highest BCUT2D eigenvalue weighted by molar-refractivity contribution is 6.04. The lowest BCUT2D eigenvalue weighted by atomic mass is 10.1. The lowest BCUT2D eigenvalue weighted by molar-refractivity contribution is 0.102. The summed E-state index contributed by atoms with van der Waals surface area (Å²) in [6.07, 6.45) is 0. The molecule has 27 heavy (non-hydrogen) atoms. The SMILES string of the molecule is COc1ccc(C(=O)Nc2ccc(C)cc2)cc1COc1cccc(C)c1. The topological polar surface area (TPSA) is 47.6 Å². The molecule has 0 spiro atoms. The summed E-state index contributed by atoms with van der Waals surface area (Å²) < 4.78 is 11.3. The molecule has 138 valence electrons. The molecular formula is C23H23NO3. The highest BCUT2D eigenvalue weighted by Crippen LogP contribution is 2.23. The van der Waals surface area contributed by atoms with Crippen LogP contribution in [0.15, 0.2) is 66.7 Å². The number of amides is 1. The Morgan fingerprint density at radius 1 is 0.926 bits per heavy atom. The summed E-state index contributed by atoms with van der Waals surface area (Å²) in [5.41, 5.74) is 4.41. The van der Waals surface area contributed by atoms with Crippen molar-refractivity contribution in [2.45, 2.75) is 20.5 Å². The lowest BCUT2D eigenvalue weighted by Gasteiger charge is -2.13. The quantitative estimate of drug-likeness (QED) is 0.661. The van der Waals surface area contributed by atoms with Crippen LogP contribution in [0.4, 0.5) is 5.69 Å². The number of hydrogen-bond acceptors (Lipinski definition) is 3. The highest BCUT2D eigenvalue weighted by Gasteiger charge is 2.11. The van der Waals surface area contributed by atoms with Gasteiger partial charge in [-0.05, 0) is 61.9 Å². The van der Waals surface area contributed by atoms with Gasteiger partial charge in [0.2, 0.25) is 0 Å². The van der Waals surface area contributed by atoms with Crippen LogP contribution in [0.3, 0.4) is 0 Å². The van der Waals surface area contributed by atoms with Crippen LogP contribution in [0.1, 0.15) is 27.0 Å². The number of hydrogen-bond donors (Lipinski definition) is 1. The van der Waals surface area contributed by atoms with Crippen molar-refractivity contribution in [2.24, 2.45) is 0 Å². The van der Waals surface area contributed by atoms with Gasteiger partial charge < -0.3 is 14.8 Å². The maximum atomic E-state index is 12.6. The zero-order valence-electron chi connectivity index (χ0n) is 15.8. The molecule has 0 heterocycles. The first kappa shape index (κ1) is 18.5. The molecule has 3 aromatic carbocycles. The predicted molar refractivity (Wildman–Crippen MR) is 108 cm³/mol. The fraction of sp³-hybridized carbons (Fsp3) is 0.174. The summed E-state index contributed by atoms with van der Waals surface area (Å²) in [6.45, 7) is 4.34. The number of methoxy groups -OCH3 is 1. The number of ether oxygens (including phenoxy) is 2. The molecule has 4 heteroatoms. The van der Waals surface area contributed by atoms with Crippen molar-refractivity contribution in [2.75, 3.05) is 12.4 Å². The number of carbonyl (C=O) groups is 1. The minimum absolute atomic E-state index is 0.168. The van der Waals surface area contributed by atoms with Gasteiger partial charge in [-0.25, -0.2) is 0 Å². The molecule has 3 rings (SSSR count). The van der Waals surface area contributed by atoms with Gasteiger partial charge in [0.25, 0.3) is 5.91 Å². The van der Waals surface area contributed by atoms with E-state index in [0.29, 0.717) is 17.9 Å². The second kappa shape index (κ2) is 8.41. The molecule has 0 radical (unpaired) electrons. The van der Waals surface area contributed by atoms with E-state index in [0.717, 1.165) is 28.1 Å². The third-order valence-corrected chi connectivity index (χ3v) is 4.24. The third-order valence-electron chi connectivity index (χ3n) is 4.24. The molecule has 0 unspecified atom stereocenters. The molecular weight excluding hydrogens is 338 g/mol. The zero-order valence-corrected chi connectivity index (χ0v) is 15.8. The summed E-state index contributed by atoms with van der Waals surface area (Å²) in [6, 6.07) is 20.9. The summed E-state index contributed by atoms with van der Waals surface area (Å²) in [7, 11) is 1.61. The molecule has 0 bridgehead atoms. The van der Waals surface area contributed by atoms with Crippen LogP contribution in [-0.4, -0.2) is 13.0 Å². The van der Waals surface area contributed by atoms with Gasteiger partial charge in [-0.2, -0.15) is 0 Å². The summed E-state index contributed by atoms with van der Waals surface area (Å²) >= 11 is 0. The van der Waals surface area contributed by atoms with Crippen molar-refractivity contribution in [3.05, 3.63) is 89.0 Å². The van der Waals surface area contributed by atoms with Crippen molar-refractivity contribution >= 4 is 11.6 Å². The van der Waals surface area contributed by atoms with Crippen molar-refractivity contribution in [3.63, 3.8) is 0 Å². The molecule has 4 nitrogen and oxygen atoms in total. The van der Waals surface area contributed by atoms with E-state index in [2.05, 4.69) is 5.32 Å². The van der Waals surface area contributed by atoms with E-state index < -0.39 is 0 Å². The van der Waals surface area contributed by atoms with Crippen molar-refractivity contribution in [3.8, 4) is 11.5 Å². The molecule has 0 aromatic heterocycles. The van der Waals surface area contributed by atoms with Crippen LogP contribution in [0.5, 0.6) is 11.5 Å². The van der Waals surface area contributed by atoms with Gasteiger partial charge in [-0.3, -0.25) is 4.79 Å². The van der Waals surface area contributed by atoms with E-state index in [-0.39, 0.29) is 5.91 Å². The molecule has 1 amide bonds. The van der Waals surface area contributed by atoms with Gasteiger partial charge in [0.1, 0.15) is 18.1 Å². The van der Waals surface area contributed by atoms with Gasteiger partial charge in [-0.1, -0.05) is 29.8 Å². The fourth-order valence-electron chi connectivity index (χ4n) is 2.74. The zero-order chi connectivity index (χ0) is 19.2. The van der Waals surface area contributed by atoms with Crippen LogP contribution in [0.25, 0.3) is 0 Å². The van der Waals surface area contributed by atoms with Crippen molar-refractivity contribution in [1.82, 2.24) is 0 Å². The average Bonchev–Trinajstić information content (AvgIpc) is 2.68. The normalized spacial score (nSPS) is 10.3. The van der Waals surface area contributed by atoms with Crippen molar-refractivity contribution < 1.29 is 14.3 Å². The Morgan fingerprint density at radius 2 is 1.70 bits per heavy atom. The Kier molecular flexibility index (Phi) is 5.77. The highest BCUT2D eigenvalue weighted by atomic mass is 16.5. The molecule has 0 atom stereocenters. The minimum Gasteiger partial charge on any atom is -0.496 e. The Balaban J connectivity index is 1.75. The molecule has 0 saturated heterocycles. The molecule has 0 saturated carbocycles. The van der Waals surface area contributed by atoms with E-state index in [4.69, 9.17) is 9.47 Å². The number of nitrogens with one attached hydrogen (secondary N) is 1. The van der Waals surface area contributed by atoms with Crippen molar-refractivity contribution in [1.29, 1.82) is 0 Å². The van der Waals surface area contributed by atoms with Gasteiger partial charge in [0.05, 0.1) is 7.11 Å². The number of anilines is 1. The van der Waals surface area contributed by atoms with Crippen LogP contribution in [0, 0.1) is 13.8 Å². The maximum absolute atomic E-state index is 12.6. The summed E-state index contributed by atoms with van der Waals surface area (Å²) in [5, 5.41) is 2.91. The Bertz CT molecular complexity index is 933. The molecule has 1 N–H and O–H groups in total. The van der Waals surface area contributed by atoms with E-state index in [1.807, 2.05) is 62.4 Å². The van der Waals surface area contributed by atoms with Gasteiger partial charge >= 0.3 is 0 Å². The van der Waals surface area contributed by atoms with E-state index >= 15 is 0 Å². The largest absolute Gasteiger partial charge is 0.496 e. The lowest BCUT2D eigenvalue weighted by Crippen LogP contribution is -2.12. The van der Waals surface area contributed by atoms with Gasteiger partial charge in [0, 0.05) is 16.8 Å². The first-order valence-corrected chi connectivity index (χ1v) is 8.79. The Labute approximate surface area is 159 Å². The Morgan fingerprint density at radius 3 is 2.41 bits per heavy atom. The summed E-state index contributed by atoms with van der Waals surface area (Å²) in [5.74, 6) is 1.31. The second-order valence-corrected chi connectivity index (χ2v) is 6.45. The second-order valence-electron chi connectivity index (χ2n) is 6.45. The number of rotatable bonds is 6. The average molecular weight is 361 g/mol. The molecule has 0 fully saturated rings. The molecule has 0 aliphatic carbocycles. The maximum Gasteiger partial charge on any atom is 0.255 e. The van der Waals surface area contributed by atoms with Crippen LogP contribution < -0.4 is 14.8 Å². The summed E-state index contributed by atoms with van der Waals surface area (Å²) in [4.78, 5) is 12.6. The fourth-order valence-corrected chi connectivity index (χ4v) is 2.74. The molecule has 3 aromatic rings. The number of carbonyl (C=O) groups excluding carboxylic acids is 1.